The van der Waals surface area contributed by atoms with Crippen LogP contribution < -0.4 is 5.32 Å². The highest BCUT2D eigenvalue weighted by Crippen LogP contribution is 2.30. The van der Waals surface area contributed by atoms with E-state index in [-0.39, 0.29) is 28.8 Å². The number of sulfonamides is 1. The van der Waals surface area contributed by atoms with E-state index in [0.717, 1.165) is 16.7 Å². The minimum absolute atomic E-state index is 0.0202. The molecule has 9 heteroatoms. The van der Waals surface area contributed by atoms with E-state index < -0.39 is 15.9 Å². The third-order valence-electron chi connectivity index (χ3n) is 6.29. The normalized spacial score (nSPS) is 16.7. The first kappa shape index (κ1) is 25.4. The Morgan fingerprint density at radius 3 is 2.78 bits per heavy atom. The molecule has 8 nitrogen and oxygen atoms in total. The molecule has 1 amide bonds. The first-order chi connectivity index (χ1) is 17.2. The number of rotatable bonds is 6. The van der Waals surface area contributed by atoms with Crippen molar-refractivity contribution in [2.75, 3.05) is 18.4 Å². The van der Waals surface area contributed by atoms with Gasteiger partial charge >= 0.3 is 0 Å². The molecule has 1 aliphatic rings. The van der Waals surface area contributed by atoms with Gasteiger partial charge in [-0.15, -0.1) is 0 Å². The Balaban J connectivity index is 1.55. The molecular weight excluding hydrogens is 476 g/mol. The fourth-order valence-electron chi connectivity index (χ4n) is 4.32. The van der Waals surface area contributed by atoms with Crippen molar-refractivity contribution in [2.24, 2.45) is 5.92 Å². The van der Waals surface area contributed by atoms with Crippen molar-refractivity contribution in [3.63, 3.8) is 0 Å². The molecule has 2 heterocycles. The van der Waals surface area contributed by atoms with E-state index in [2.05, 4.69) is 10.5 Å². The molecule has 0 spiro atoms. The molecular formula is C27H28N4O4S. The van der Waals surface area contributed by atoms with Crippen LogP contribution in [0.4, 0.5) is 5.69 Å². The summed E-state index contributed by atoms with van der Waals surface area (Å²) in [6.07, 6.45) is 4.57. The number of nitrogens with zero attached hydrogens (tertiary/aromatic N) is 3. The molecule has 0 saturated carbocycles. The zero-order valence-electron chi connectivity index (χ0n) is 20.5. The average molecular weight is 505 g/mol. The van der Waals surface area contributed by atoms with E-state index in [1.54, 1.807) is 37.3 Å². The van der Waals surface area contributed by atoms with Gasteiger partial charge in [-0.2, -0.15) is 9.57 Å². The quantitative estimate of drug-likeness (QED) is 0.521. The van der Waals surface area contributed by atoms with Gasteiger partial charge in [0, 0.05) is 18.8 Å². The molecule has 3 aromatic rings. The van der Waals surface area contributed by atoms with Gasteiger partial charge in [-0.05, 0) is 69.0 Å². The summed E-state index contributed by atoms with van der Waals surface area (Å²) in [7, 11) is -3.95. The summed E-state index contributed by atoms with van der Waals surface area (Å²) in [4.78, 5) is 12.9. The number of anilines is 1. The smallest absolute Gasteiger partial charge is 0.248 e. The van der Waals surface area contributed by atoms with Crippen molar-refractivity contribution < 1.29 is 17.7 Å². The number of amides is 1. The predicted molar refractivity (Wildman–Crippen MR) is 137 cm³/mol. The van der Waals surface area contributed by atoms with Gasteiger partial charge in [0.25, 0.3) is 0 Å². The van der Waals surface area contributed by atoms with Crippen molar-refractivity contribution in [3.8, 4) is 6.07 Å². The molecule has 4 rings (SSSR count). The van der Waals surface area contributed by atoms with Gasteiger partial charge in [-0.25, -0.2) is 8.42 Å². The zero-order valence-corrected chi connectivity index (χ0v) is 21.3. The summed E-state index contributed by atoms with van der Waals surface area (Å²) in [6, 6.07) is 14.7. The molecule has 1 fully saturated rings. The third kappa shape index (κ3) is 5.40. The number of piperidine rings is 1. The average Bonchev–Trinajstić information content (AvgIpc) is 3.25. The minimum Gasteiger partial charge on any atom is -0.355 e. The number of nitriles is 1. The Kier molecular flexibility index (Phi) is 7.38. The van der Waals surface area contributed by atoms with Crippen molar-refractivity contribution in [2.45, 2.75) is 38.5 Å². The van der Waals surface area contributed by atoms with Crippen LogP contribution in [-0.2, 0) is 14.8 Å². The third-order valence-corrected chi connectivity index (χ3v) is 8.32. The summed E-state index contributed by atoms with van der Waals surface area (Å²) < 4.78 is 34.0. The minimum atomic E-state index is -3.95. The summed E-state index contributed by atoms with van der Waals surface area (Å²) in [5.41, 5.74) is 4.33. The highest BCUT2D eigenvalue weighted by atomic mass is 32.2. The fraction of sp³-hybridized carbons (Fsp3) is 0.296. The highest BCUT2D eigenvalue weighted by Gasteiger charge is 2.37. The van der Waals surface area contributed by atoms with Gasteiger partial charge in [0.05, 0.1) is 17.6 Å². The number of hydrogen-bond acceptors (Lipinski definition) is 6. The van der Waals surface area contributed by atoms with Crippen LogP contribution in [-0.4, -0.2) is 36.9 Å². The number of hydrogen-bond donors (Lipinski definition) is 1. The Morgan fingerprint density at radius 2 is 2.00 bits per heavy atom. The summed E-state index contributed by atoms with van der Waals surface area (Å²) >= 11 is 0. The maximum Gasteiger partial charge on any atom is 0.248 e. The van der Waals surface area contributed by atoms with Crippen LogP contribution >= 0.6 is 0 Å². The molecule has 1 atom stereocenters. The number of carbonyl (C=O) groups excluding carboxylic acids is 1. The van der Waals surface area contributed by atoms with Crippen LogP contribution in [0.15, 0.2) is 51.9 Å². The van der Waals surface area contributed by atoms with Gasteiger partial charge in [-0.3, -0.25) is 4.79 Å². The number of aromatic nitrogens is 1. The molecule has 0 aliphatic carbocycles. The monoisotopic (exact) mass is 504 g/mol. The molecule has 186 valence electrons. The Hall–Kier alpha value is -3.74. The first-order valence-electron chi connectivity index (χ1n) is 11.7. The Bertz CT molecular complexity index is 1470. The van der Waals surface area contributed by atoms with Gasteiger partial charge < -0.3 is 9.84 Å². The maximum atomic E-state index is 13.7. The van der Waals surface area contributed by atoms with Crippen LogP contribution in [0.5, 0.6) is 0 Å². The van der Waals surface area contributed by atoms with E-state index >= 15 is 0 Å². The van der Waals surface area contributed by atoms with E-state index in [1.807, 2.05) is 44.2 Å². The molecule has 1 N–H and O–H groups in total. The van der Waals surface area contributed by atoms with E-state index in [1.165, 1.54) is 4.31 Å². The summed E-state index contributed by atoms with van der Waals surface area (Å²) in [5.74, 6) is -0.635. The number of benzene rings is 2. The SMILES string of the molecule is Cc1ccc(C)c(/C=C/c2onc(C)c2S(=O)(=O)N2CCC[C@H](C(=O)Nc3cccc(C#N)c3)C2)c1. The summed E-state index contributed by atoms with van der Waals surface area (Å²) in [5, 5.41) is 15.8. The zero-order chi connectivity index (χ0) is 25.9. The van der Waals surface area contributed by atoms with Crippen molar-refractivity contribution in [1.82, 2.24) is 9.46 Å². The van der Waals surface area contributed by atoms with Crippen molar-refractivity contribution >= 4 is 33.8 Å². The molecule has 1 aliphatic heterocycles. The first-order valence-corrected chi connectivity index (χ1v) is 13.2. The summed E-state index contributed by atoms with van der Waals surface area (Å²) in [6.45, 7) is 5.94. The van der Waals surface area contributed by atoms with Crippen LogP contribution in [0.25, 0.3) is 12.2 Å². The van der Waals surface area contributed by atoms with Crippen LogP contribution in [0.3, 0.4) is 0 Å². The van der Waals surface area contributed by atoms with Crippen molar-refractivity contribution in [3.05, 3.63) is 76.2 Å². The van der Waals surface area contributed by atoms with Crippen LogP contribution in [0.2, 0.25) is 0 Å². The predicted octanol–water partition coefficient (Wildman–Crippen LogP) is 4.68. The lowest BCUT2D eigenvalue weighted by molar-refractivity contribution is -0.120. The van der Waals surface area contributed by atoms with Gasteiger partial charge in [0.1, 0.15) is 5.69 Å². The largest absolute Gasteiger partial charge is 0.355 e. The molecule has 0 unspecified atom stereocenters. The molecule has 36 heavy (non-hydrogen) atoms. The van der Waals surface area contributed by atoms with Gasteiger partial charge in [-0.1, -0.05) is 41.1 Å². The second kappa shape index (κ2) is 10.5. The standard InChI is InChI=1S/C27H28N4O4S/c1-18-9-10-19(2)22(14-18)11-12-25-26(20(3)30-35-25)36(33,34)31-13-5-7-23(17-31)27(32)29-24-8-4-6-21(15-24)16-28/h4,6,8-12,14-15,23H,5,7,13,17H2,1-3H3,(H,29,32)/b12-11+/t23-/m0/s1. The lowest BCUT2D eigenvalue weighted by Crippen LogP contribution is -2.43. The molecule has 1 saturated heterocycles. The lowest BCUT2D eigenvalue weighted by atomic mass is 9.98. The number of carbonyl (C=O) groups is 1. The second-order valence-corrected chi connectivity index (χ2v) is 10.9. The molecule has 1 aromatic heterocycles. The Morgan fingerprint density at radius 1 is 1.19 bits per heavy atom. The molecule has 0 radical (unpaired) electrons. The number of aryl methyl sites for hydroxylation is 3. The van der Waals surface area contributed by atoms with Gasteiger partial charge in [0.2, 0.25) is 15.9 Å². The van der Waals surface area contributed by atoms with Gasteiger partial charge in [0.15, 0.2) is 10.7 Å². The number of nitrogens with one attached hydrogen (secondary N) is 1. The lowest BCUT2D eigenvalue weighted by Gasteiger charge is -2.31. The van der Waals surface area contributed by atoms with Crippen molar-refractivity contribution in [1.29, 1.82) is 5.26 Å². The Labute approximate surface area is 211 Å². The maximum absolute atomic E-state index is 13.7. The molecule has 0 bridgehead atoms. The highest BCUT2D eigenvalue weighted by molar-refractivity contribution is 7.89. The van der Waals surface area contributed by atoms with Crippen LogP contribution in [0, 0.1) is 38.0 Å². The van der Waals surface area contributed by atoms with E-state index in [4.69, 9.17) is 9.78 Å². The molecule has 2 aromatic carbocycles. The van der Waals surface area contributed by atoms with E-state index in [0.29, 0.717) is 30.6 Å². The second-order valence-electron chi connectivity index (χ2n) is 9.04. The van der Waals surface area contributed by atoms with Crippen LogP contribution in [0.1, 0.15) is 46.5 Å². The topological polar surface area (TPSA) is 116 Å². The van der Waals surface area contributed by atoms with E-state index in [9.17, 15) is 13.2 Å². The fourth-order valence-corrected chi connectivity index (χ4v) is 6.09.